The molecule has 1 aromatic carbocycles. The molecule has 2 heterocycles. The predicted octanol–water partition coefficient (Wildman–Crippen LogP) is 4.73. The highest BCUT2D eigenvalue weighted by Crippen LogP contribution is 2.39. The molecule has 0 radical (unpaired) electrons. The molecule has 0 aliphatic rings. The number of rotatable bonds is 3. The van der Waals surface area contributed by atoms with Gasteiger partial charge in [0.1, 0.15) is 11.0 Å². The molecular weight excluding hydrogens is 310 g/mol. The van der Waals surface area contributed by atoms with E-state index in [2.05, 4.69) is 34.7 Å². The zero-order valence-corrected chi connectivity index (χ0v) is 13.5. The molecule has 1 unspecified atom stereocenters. The molecule has 0 spiro atoms. The summed E-state index contributed by atoms with van der Waals surface area (Å²) in [6.45, 7) is 4.25. The Hall–Kier alpha value is -1.01. The second-order valence-corrected chi connectivity index (χ2v) is 7.08. The quantitative estimate of drug-likeness (QED) is 0.758. The van der Waals surface area contributed by atoms with E-state index >= 15 is 0 Å². The van der Waals surface area contributed by atoms with Crippen molar-refractivity contribution in [3.63, 3.8) is 0 Å². The molecule has 104 valence electrons. The number of thiophene rings is 1. The normalized spacial score (nSPS) is 13.2. The van der Waals surface area contributed by atoms with Crippen LogP contribution in [0.3, 0.4) is 0 Å². The van der Waals surface area contributed by atoms with Crippen LogP contribution in [0.4, 0.5) is 0 Å². The molecule has 1 atom stereocenters. The molecule has 6 heteroatoms. The van der Waals surface area contributed by atoms with Gasteiger partial charge in [-0.2, -0.15) is 8.75 Å². The van der Waals surface area contributed by atoms with E-state index in [1.165, 1.54) is 16.6 Å². The molecule has 2 N–H and O–H groups in total. The standard InChI is InChI=1S/C14H14ClN3S2/c1-7(2)13(16)11-6-5-10(19-11)12-8(15)3-4-9-14(12)18-20-17-9/h3-7,13H,16H2,1-2H3. The van der Waals surface area contributed by atoms with Crippen molar-refractivity contribution >= 4 is 45.7 Å². The summed E-state index contributed by atoms with van der Waals surface area (Å²) in [5.74, 6) is 0.411. The van der Waals surface area contributed by atoms with Gasteiger partial charge in [-0.05, 0) is 30.2 Å². The van der Waals surface area contributed by atoms with Gasteiger partial charge in [0.05, 0.1) is 16.8 Å². The number of fused-ring (bicyclic) bond motifs is 1. The minimum Gasteiger partial charge on any atom is -0.323 e. The minimum absolute atomic E-state index is 0.0558. The summed E-state index contributed by atoms with van der Waals surface area (Å²) in [7, 11) is 0. The third-order valence-electron chi connectivity index (χ3n) is 3.30. The molecule has 3 nitrogen and oxygen atoms in total. The van der Waals surface area contributed by atoms with Crippen LogP contribution in [0, 0.1) is 5.92 Å². The van der Waals surface area contributed by atoms with Gasteiger partial charge in [0.15, 0.2) is 0 Å². The van der Waals surface area contributed by atoms with Gasteiger partial charge in [-0.3, -0.25) is 0 Å². The van der Waals surface area contributed by atoms with Gasteiger partial charge in [0.25, 0.3) is 0 Å². The molecule has 0 aliphatic heterocycles. The summed E-state index contributed by atoms with van der Waals surface area (Å²) in [6, 6.07) is 7.99. The van der Waals surface area contributed by atoms with Gasteiger partial charge in [0.2, 0.25) is 0 Å². The number of aromatic nitrogens is 2. The van der Waals surface area contributed by atoms with Crippen LogP contribution in [0.25, 0.3) is 21.5 Å². The van der Waals surface area contributed by atoms with Gasteiger partial charge < -0.3 is 5.73 Å². The lowest BCUT2D eigenvalue weighted by molar-refractivity contribution is 0.521. The van der Waals surface area contributed by atoms with Crippen molar-refractivity contribution in [1.29, 1.82) is 0 Å². The van der Waals surface area contributed by atoms with Gasteiger partial charge >= 0.3 is 0 Å². The Morgan fingerprint density at radius 1 is 1.15 bits per heavy atom. The van der Waals surface area contributed by atoms with Crippen LogP contribution in [-0.2, 0) is 0 Å². The smallest absolute Gasteiger partial charge is 0.114 e. The molecule has 0 aliphatic carbocycles. The zero-order valence-electron chi connectivity index (χ0n) is 11.1. The van der Waals surface area contributed by atoms with E-state index in [0.717, 1.165) is 21.5 Å². The van der Waals surface area contributed by atoms with Crippen molar-refractivity contribution in [2.24, 2.45) is 11.7 Å². The largest absolute Gasteiger partial charge is 0.323 e. The summed E-state index contributed by atoms with van der Waals surface area (Å²) in [6.07, 6.45) is 0. The molecule has 0 amide bonds. The lowest BCUT2D eigenvalue weighted by Gasteiger charge is -2.12. The number of nitrogens with two attached hydrogens (primary N) is 1. The van der Waals surface area contributed by atoms with Crippen LogP contribution in [0.2, 0.25) is 5.02 Å². The lowest BCUT2D eigenvalue weighted by Crippen LogP contribution is -2.14. The number of hydrogen-bond donors (Lipinski definition) is 1. The van der Waals surface area contributed by atoms with Crippen molar-refractivity contribution in [3.05, 3.63) is 34.2 Å². The van der Waals surface area contributed by atoms with E-state index in [1.54, 1.807) is 11.3 Å². The fraction of sp³-hybridized carbons (Fsp3) is 0.286. The van der Waals surface area contributed by atoms with Gasteiger partial charge in [-0.15, -0.1) is 11.3 Å². The van der Waals surface area contributed by atoms with Crippen molar-refractivity contribution in [1.82, 2.24) is 8.75 Å². The van der Waals surface area contributed by atoms with Crippen LogP contribution >= 0.6 is 34.7 Å². The van der Waals surface area contributed by atoms with Crippen LogP contribution in [0.5, 0.6) is 0 Å². The Labute approximate surface area is 130 Å². The van der Waals surface area contributed by atoms with Crippen LogP contribution < -0.4 is 5.73 Å². The van der Waals surface area contributed by atoms with Crippen molar-refractivity contribution < 1.29 is 0 Å². The lowest BCUT2D eigenvalue weighted by atomic mass is 10.0. The number of nitrogens with zero attached hydrogens (tertiary/aromatic N) is 2. The highest BCUT2D eigenvalue weighted by atomic mass is 35.5. The third kappa shape index (κ3) is 2.35. The Balaban J connectivity index is 2.12. The molecule has 2 aromatic heterocycles. The average molecular weight is 324 g/mol. The molecule has 0 saturated carbocycles. The Morgan fingerprint density at radius 2 is 1.95 bits per heavy atom. The minimum atomic E-state index is 0.0558. The van der Waals surface area contributed by atoms with E-state index in [0.29, 0.717) is 10.9 Å². The van der Waals surface area contributed by atoms with Crippen molar-refractivity contribution in [3.8, 4) is 10.4 Å². The highest BCUT2D eigenvalue weighted by Gasteiger charge is 2.17. The first-order valence-corrected chi connectivity index (χ1v) is 8.27. The fourth-order valence-electron chi connectivity index (χ4n) is 2.06. The second-order valence-electron chi connectivity index (χ2n) is 5.03. The first-order chi connectivity index (χ1) is 9.58. The van der Waals surface area contributed by atoms with E-state index < -0.39 is 0 Å². The Kier molecular flexibility index (Phi) is 3.77. The third-order valence-corrected chi connectivity index (χ3v) is 5.36. The molecule has 0 fully saturated rings. The van der Waals surface area contributed by atoms with Crippen molar-refractivity contribution in [2.45, 2.75) is 19.9 Å². The maximum absolute atomic E-state index is 6.36. The summed E-state index contributed by atoms with van der Waals surface area (Å²) in [4.78, 5) is 2.27. The maximum atomic E-state index is 6.36. The summed E-state index contributed by atoms with van der Waals surface area (Å²) >= 11 is 9.25. The number of hydrogen-bond acceptors (Lipinski definition) is 5. The summed E-state index contributed by atoms with van der Waals surface area (Å²) < 4.78 is 8.63. The second kappa shape index (κ2) is 5.41. The topological polar surface area (TPSA) is 51.8 Å². The van der Waals surface area contributed by atoms with Gasteiger partial charge in [-0.1, -0.05) is 25.4 Å². The SMILES string of the molecule is CC(C)C(N)c1ccc(-c2c(Cl)ccc3nsnc23)s1. The average Bonchev–Trinajstić information content (AvgIpc) is 3.05. The van der Waals surface area contributed by atoms with Crippen LogP contribution in [0.1, 0.15) is 24.8 Å². The van der Waals surface area contributed by atoms with E-state index in [9.17, 15) is 0 Å². The van der Waals surface area contributed by atoms with E-state index in [-0.39, 0.29) is 6.04 Å². The molecular formula is C14H14ClN3S2. The highest BCUT2D eigenvalue weighted by molar-refractivity contribution is 7.15. The summed E-state index contributed by atoms with van der Waals surface area (Å²) in [5, 5.41) is 0.705. The number of benzene rings is 1. The van der Waals surface area contributed by atoms with Crippen molar-refractivity contribution in [2.75, 3.05) is 0 Å². The van der Waals surface area contributed by atoms with Gasteiger partial charge in [0, 0.05) is 21.4 Å². The van der Waals surface area contributed by atoms with E-state index in [4.69, 9.17) is 17.3 Å². The van der Waals surface area contributed by atoms with Crippen LogP contribution in [-0.4, -0.2) is 8.75 Å². The fourth-order valence-corrected chi connectivity index (χ4v) is 4.15. The van der Waals surface area contributed by atoms with E-state index in [1.807, 2.05) is 12.1 Å². The monoisotopic (exact) mass is 323 g/mol. The first-order valence-electron chi connectivity index (χ1n) is 6.34. The molecule has 20 heavy (non-hydrogen) atoms. The molecule has 3 aromatic rings. The Morgan fingerprint density at radius 3 is 2.70 bits per heavy atom. The van der Waals surface area contributed by atoms with Gasteiger partial charge in [-0.25, -0.2) is 0 Å². The van der Waals surface area contributed by atoms with Crippen LogP contribution in [0.15, 0.2) is 24.3 Å². The molecule has 0 bridgehead atoms. The zero-order chi connectivity index (χ0) is 14.3. The predicted molar refractivity (Wildman–Crippen MR) is 87.5 cm³/mol. The first kappa shape index (κ1) is 13.9. The maximum Gasteiger partial charge on any atom is 0.114 e. The Bertz CT molecular complexity index is 748. The molecule has 0 saturated heterocycles. The molecule has 3 rings (SSSR count). The summed E-state index contributed by atoms with van der Waals surface area (Å²) in [5.41, 5.74) is 8.93. The number of halogens is 1.